The van der Waals surface area contributed by atoms with E-state index in [0.717, 1.165) is 19.3 Å². The van der Waals surface area contributed by atoms with Gasteiger partial charge < -0.3 is 19.5 Å². The van der Waals surface area contributed by atoms with E-state index < -0.39 is 5.97 Å². The van der Waals surface area contributed by atoms with Gasteiger partial charge in [-0.25, -0.2) is 4.79 Å². The Balaban J connectivity index is 2.37. The van der Waals surface area contributed by atoms with Crippen molar-refractivity contribution < 1.29 is 28.6 Å². The monoisotopic (exact) mass is 393 g/mol. The first kappa shape index (κ1) is 23.5. The molecule has 0 aliphatic rings. The second kappa shape index (κ2) is 12.0. The van der Waals surface area contributed by atoms with Crippen LogP contribution in [0.3, 0.4) is 0 Å². The molecule has 0 aliphatic carbocycles. The van der Waals surface area contributed by atoms with Crippen molar-refractivity contribution in [3.05, 3.63) is 23.8 Å². The van der Waals surface area contributed by atoms with Crippen LogP contribution in [0.4, 0.5) is 0 Å². The minimum Gasteiger partial charge on any atom is -0.493 e. The van der Waals surface area contributed by atoms with Gasteiger partial charge >= 0.3 is 5.97 Å². The first-order valence-corrected chi connectivity index (χ1v) is 9.49. The predicted octanol–water partition coefficient (Wildman–Crippen LogP) is 3.15. The maximum absolute atomic E-state index is 11.8. The Morgan fingerprint density at radius 1 is 1.04 bits per heavy atom. The summed E-state index contributed by atoms with van der Waals surface area (Å²) in [5.41, 5.74) is 0.478. The van der Waals surface area contributed by atoms with Gasteiger partial charge in [0.25, 0.3) is 5.91 Å². The fourth-order valence-corrected chi connectivity index (χ4v) is 2.55. The average molecular weight is 393 g/mol. The molecule has 156 valence electrons. The standard InChI is InChI=1S/C21H31NO6/c1-14(2)7-6-8-15(3)22-20(24)12-28-21(25)13-27-18-10-9-17(16(4)23)11-19(18)26-5/h9-11,14-15H,6-8,12-13H2,1-5H3,(H,22,24). The van der Waals surface area contributed by atoms with Crippen molar-refractivity contribution in [3.63, 3.8) is 0 Å². The molecule has 28 heavy (non-hydrogen) atoms. The van der Waals surface area contributed by atoms with Gasteiger partial charge in [-0.3, -0.25) is 9.59 Å². The molecule has 1 amide bonds. The molecule has 0 spiro atoms. The summed E-state index contributed by atoms with van der Waals surface area (Å²) in [5, 5.41) is 2.81. The highest BCUT2D eigenvalue weighted by molar-refractivity contribution is 5.94. The molecule has 0 bridgehead atoms. The third-order valence-corrected chi connectivity index (χ3v) is 4.11. The zero-order valence-corrected chi connectivity index (χ0v) is 17.4. The number of hydrogen-bond donors (Lipinski definition) is 1. The molecule has 0 radical (unpaired) electrons. The van der Waals surface area contributed by atoms with E-state index in [0.29, 0.717) is 23.0 Å². The molecule has 1 aromatic carbocycles. The van der Waals surface area contributed by atoms with Crippen molar-refractivity contribution in [3.8, 4) is 11.5 Å². The van der Waals surface area contributed by atoms with Crippen molar-refractivity contribution in [2.75, 3.05) is 20.3 Å². The van der Waals surface area contributed by atoms with Crippen molar-refractivity contribution >= 4 is 17.7 Å². The molecular weight excluding hydrogens is 362 g/mol. The molecule has 0 aromatic heterocycles. The summed E-state index contributed by atoms with van der Waals surface area (Å²) in [5.74, 6) is 0.185. The van der Waals surface area contributed by atoms with Crippen LogP contribution in [0.15, 0.2) is 18.2 Å². The number of hydrogen-bond acceptors (Lipinski definition) is 6. The lowest BCUT2D eigenvalue weighted by molar-refractivity contribution is -0.150. The molecule has 1 atom stereocenters. The Bertz CT molecular complexity index is 671. The number of amides is 1. The number of benzene rings is 1. The zero-order valence-electron chi connectivity index (χ0n) is 17.4. The van der Waals surface area contributed by atoms with Crippen molar-refractivity contribution in [1.29, 1.82) is 0 Å². The molecule has 7 heteroatoms. The second-order valence-electron chi connectivity index (χ2n) is 7.16. The van der Waals surface area contributed by atoms with E-state index in [9.17, 15) is 14.4 Å². The maximum atomic E-state index is 11.8. The second-order valence-corrected chi connectivity index (χ2v) is 7.16. The number of rotatable bonds is 12. The van der Waals surface area contributed by atoms with Gasteiger partial charge in [-0.2, -0.15) is 0 Å². The molecular formula is C21H31NO6. The van der Waals surface area contributed by atoms with E-state index in [-0.39, 0.29) is 30.9 Å². The fraction of sp³-hybridized carbons (Fsp3) is 0.571. The van der Waals surface area contributed by atoms with Crippen LogP contribution >= 0.6 is 0 Å². The number of ether oxygens (including phenoxy) is 3. The van der Waals surface area contributed by atoms with E-state index in [2.05, 4.69) is 19.2 Å². The van der Waals surface area contributed by atoms with Crippen LogP contribution in [-0.4, -0.2) is 44.0 Å². The Labute approximate surface area is 166 Å². The quantitative estimate of drug-likeness (QED) is 0.433. The van der Waals surface area contributed by atoms with Crippen LogP contribution in [0.2, 0.25) is 0 Å². The zero-order chi connectivity index (χ0) is 21.1. The van der Waals surface area contributed by atoms with Crippen LogP contribution in [0.1, 0.15) is 57.3 Å². The van der Waals surface area contributed by atoms with E-state index in [1.54, 1.807) is 12.1 Å². The lowest BCUT2D eigenvalue weighted by atomic mass is 10.0. The van der Waals surface area contributed by atoms with E-state index in [1.165, 1.54) is 20.1 Å². The highest BCUT2D eigenvalue weighted by Gasteiger charge is 2.13. The number of Topliss-reactive ketones (excluding diaryl/α,β-unsaturated/α-hetero) is 1. The first-order valence-electron chi connectivity index (χ1n) is 9.49. The number of methoxy groups -OCH3 is 1. The van der Waals surface area contributed by atoms with Crippen LogP contribution in [0.5, 0.6) is 11.5 Å². The maximum Gasteiger partial charge on any atom is 0.344 e. The van der Waals surface area contributed by atoms with Gasteiger partial charge in [0.2, 0.25) is 0 Å². The SMILES string of the molecule is COc1cc(C(C)=O)ccc1OCC(=O)OCC(=O)NC(C)CCCC(C)C. The average Bonchev–Trinajstić information content (AvgIpc) is 2.64. The molecule has 7 nitrogen and oxygen atoms in total. The molecule has 0 fully saturated rings. The van der Waals surface area contributed by atoms with Gasteiger partial charge in [0.05, 0.1) is 7.11 Å². The van der Waals surface area contributed by atoms with Gasteiger partial charge in [0.15, 0.2) is 30.5 Å². The van der Waals surface area contributed by atoms with Crippen LogP contribution in [0, 0.1) is 5.92 Å². The molecule has 1 unspecified atom stereocenters. The van der Waals surface area contributed by atoms with Gasteiger partial charge in [-0.15, -0.1) is 0 Å². The molecule has 0 saturated carbocycles. The largest absolute Gasteiger partial charge is 0.493 e. The summed E-state index contributed by atoms with van der Waals surface area (Å²) in [6, 6.07) is 4.70. The van der Waals surface area contributed by atoms with E-state index >= 15 is 0 Å². The topological polar surface area (TPSA) is 90.9 Å². The molecule has 0 aliphatic heterocycles. The van der Waals surface area contributed by atoms with Crippen molar-refractivity contribution in [2.45, 2.75) is 53.0 Å². The lowest BCUT2D eigenvalue weighted by Crippen LogP contribution is -2.36. The highest BCUT2D eigenvalue weighted by atomic mass is 16.6. The van der Waals surface area contributed by atoms with Gasteiger partial charge in [0, 0.05) is 11.6 Å². The number of ketones is 1. The third kappa shape index (κ3) is 8.88. The number of nitrogens with one attached hydrogen (secondary N) is 1. The number of carbonyl (C=O) groups is 3. The summed E-state index contributed by atoms with van der Waals surface area (Å²) in [7, 11) is 1.44. The Kier molecular flexibility index (Phi) is 10.1. The minimum atomic E-state index is -0.666. The minimum absolute atomic E-state index is 0.0326. The van der Waals surface area contributed by atoms with Crippen molar-refractivity contribution in [1.82, 2.24) is 5.32 Å². The number of carbonyl (C=O) groups excluding carboxylic acids is 3. The third-order valence-electron chi connectivity index (χ3n) is 4.11. The summed E-state index contributed by atoms with van der Waals surface area (Å²) in [6.45, 7) is 6.99. The molecule has 1 N–H and O–H groups in total. The molecule has 0 heterocycles. The van der Waals surface area contributed by atoms with Gasteiger partial charge in [-0.05, 0) is 44.4 Å². The number of esters is 1. The Morgan fingerprint density at radius 3 is 2.36 bits per heavy atom. The smallest absolute Gasteiger partial charge is 0.344 e. The van der Waals surface area contributed by atoms with Crippen molar-refractivity contribution in [2.24, 2.45) is 5.92 Å². The fourth-order valence-electron chi connectivity index (χ4n) is 2.55. The first-order chi connectivity index (χ1) is 13.2. The predicted molar refractivity (Wildman–Crippen MR) is 106 cm³/mol. The molecule has 1 rings (SSSR count). The molecule has 0 saturated heterocycles. The van der Waals surface area contributed by atoms with E-state index in [1.807, 2.05) is 6.92 Å². The summed E-state index contributed by atoms with van der Waals surface area (Å²) >= 11 is 0. The normalized spacial score (nSPS) is 11.6. The summed E-state index contributed by atoms with van der Waals surface area (Å²) < 4.78 is 15.5. The van der Waals surface area contributed by atoms with Crippen LogP contribution in [0.25, 0.3) is 0 Å². The summed E-state index contributed by atoms with van der Waals surface area (Å²) in [6.07, 6.45) is 3.04. The Hall–Kier alpha value is -2.57. The summed E-state index contributed by atoms with van der Waals surface area (Å²) in [4.78, 5) is 35.1. The van der Waals surface area contributed by atoms with Crippen LogP contribution < -0.4 is 14.8 Å². The van der Waals surface area contributed by atoms with Gasteiger partial charge in [-0.1, -0.05) is 26.7 Å². The van der Waals surface area contributed by atoms with Gasteiger partial charge in [0.1, 0.15) is 0 Å². The lowest BCUT2D eigenvalue weighted by Gasteiger charge is -2.15. The van der Waals surface area contributed by atoms with Crippen LogP contribution in [-0.2, 0) is 14.3 Å². The highest BCUT2D eigenvalue weighted by Crippen LogP contribution is 2.28. The molecule has 1 aromatic rings. The van der Waals surface area contributed by atoms with E-state index in [4.69, 9.17) is 14.2 Å². The Morgan fingerprint density at radius 2 is 1.75 bits per heavy atom.